The summed E-state index contributed by atoms with van der Waals surface area (Å²) in [5, 5.41) is 6.75. The van der Waals surface area contributed by atoms with Crippen molar-refractivity contribution in [1.29, 1.82) is 0 Å². The Morgan fingerprint density at radius 3 is 2.62 bits per heavy atom. The predicted octanol–water partition coefficient (Wildman–Crippen LogP) is 2.98. The Labute approximate surface area is 161 Å². The number of hydrogen-bond donors (Lipinski definition) is 2. The number of nitrogens with one attached hydrogen (secondary N) is 2. The van der Waals surface area contributed by atoms with E-state index < -0.39 is 0 Å². The number of halogens is 2. The van der Waals surface area contributed by atoms with Crippen LogP contribution in [-0.2, 0) is 6.54 Å². The number of benzene rings is 1. The van der Waals surface area contributed by atoms with E-state index in [0.717, 1.165) is 30.7 Å². The number of nitrogens with zero attached hydrogens (tertiary/aromatic N) is 2. The molecule has 3 rings (SSSR count). The lowest BCUT2D eigenvalue weighted by Gasteiger charge is -2.17. The van der Waals surface area contributed by atoms with Gasteiger partial charge in [-0.15, -0.1) is 24.0 Å². The Kier molecular flexibility index (Phi) is 7.74. The van der Waals surface area contributed by atoms with E-state index in [2.05, 4.69) is 27.4 Å². The average molecular weight is 446 g/mol. The van der Waals surface area contributed by atoms with Crippen LogP contribution in [0.1, 0.15) is 31.7 Å². The zero-order valence-electron chi connectivity index (χ0n) is 14.3. The lowest BCUT2D eigenvalue weighted by Crippen LogP contribution is -2.40. The number of hydrogen-bond acceptors (Lipinski definition) is 2. The van der Waals surface area contributed by atoms with Gasteiger partial charge >= 0.3 is 0 Å². The highest BCUT2D eigenvalue weighted by Gasteiger charge is 2.34. The fourth-order valence-electron chi connectivity index (χ4n) is 3.14. The van der Waals surface area contributed by atoms with Gasteiger partial charge in [0.25, 0.3) is 0 Å². The zero-order chi connectivity index (χ0) is 16.1. The van der Waals surface area contributed by atoms with Crippen LogP contribution in [0.25, 0.3) is 0 Å². The van der Waals surface area contributed by atoms with Crippen LogP contribution in [0, 0.1) is 11.7 Å². The number of likely N-dealkylation sites (tertiary alicyclic amines) is 1. The molecule has 24 heavy (non-hydrogen) atoms. The van der Waals surface area contributed by atoms with E-state index in [0.29, 0.717) is 12.5 Å². The molecule has 6 heteroatoms. The standard InChI is InChI=1S/C18H27FN4.HI/c1-2-20-18(21-11-14-3-5-16(19)6-4-14)22-12-15-9-10-23(13-15)17-7-8-17;/h3-6,15,17H,2,7-13H2,1H3,(H2,20,21,22);1H. The van der Waals surface area contributed by atoms with Crippen molar-refractivity contribution in [3.05, 3.63) is 35.6 Å². The molecule has 1 aliphatic carbocycles. The van der Waals surface area contributed by atoms with E-state index in [1.807, 2.05) is 0 Å². The van der Waals surface area contributed by atoms with Crippen LogP contribution in [0.3, 0.4) is 0 Å². The summed E-state index contributed by atoms with van der Waals surface area (Å²) in [4.78, 5) is 7.23. The molecule has 134 valence electrons. The van der Waals surface area contributed by atoms with Crippen LogP contribution in [-0.4, -0.2) is 43.1 Å². The van der Waals surface area contributed by atoms with Gasteiger partial charge < -0.3 is 15.5 Å². The van der Waals surface area contributed by atoms with Gasteiger partial charge in [0.05, 0.1) is 6.54 Å². The zero-order valence-corrected chi connectivity index (χ0v) is 16.6. The molecule has 1 saturated heterocycles. The van der Waals surface area contributed by atoms with Crippen molar-refractivity contribution >= 4 is 29.9 Å². The van der Waals surface area contributed by atoms with Crippen LogP contribution in [0.5, 0.6) is 0 Å². The topological polar surface area (TPSA) is 39.7 Å². The lowest BCUT2D eigenvalue weighted by molar-refractivity contribution is 0.314. The molecule has 0 bridgehead atoms. The molecule has 0 amide bonds. The monoisotopic (exact) mass is 446 g/mol. The van der Waals surface area contributed by atoms with Crippen LogP contribution in [0.2, 0.25) is 0 Å². The third-order valence-electron chi connectivity index (χ3n) is 4.62. The summed E-state index contributed by atoms with van der Waals surface area (Å²) < 4.78 is 12.9. The van der Waals surface area contributed by atoms with Crippen molar-refractivity contribution in [3.63, 3.8) is 0 Å². The first kappa shape index (κ1) is 19.4. The summed E-state index contributed by atoms with van der Waals surface area (Å²) >= 11 is 0. The van der Waals surface area contributed by atoms with Gasteiger partial charge in [-0.1, -0.05) is 12.1 Å². The Morgan fingerprint density at radius 2 is 1.96 bits per heavy atom. The molecule has 2 N–H and O–H groups in total. The number of guanidine groups is 1. The molecular formula is C18H28FIN4. The maximum Gasteiger partial charge on any atom is 0.191 e. The summed E-state index contributed by atoms with van der Waals surface area (Å²) in [6, 6.07) is 7.41. The Morgan fingerprint density at radius 1 is 1.21 bits per heavy atom. The third kappa shape index (κ3) is 5.88. The Balaban J connectivity index is 0.00000208. The molecule has 0 radical (unpaired) electrons. The molecule has 1 unspecified atom stereocenters. The van der Waals surface area contributed by atoms with Crippen LogP contribution in [0.4, 0.5) is 4.39 Å². The molecule has 2 aliphatic rings. The summed E-state index contributed by atoms with van der Waals surface area (Å²) in [6.07, 6.45) is 4.06. The molecule has 4 nitrogen and oxygen atoms in total. The minimum absolute atomic E-state index is 0. The van der Waals surface area contributed by atoms with Gasteiger partial charge in [-0.2, -0.15) is 0 Å². The largest absolute Gasteiger partial charge is 0.357 e. The fraction of sp³-hybridized carbons (Fsp3) is 0.611. The van der Waals surface area contributed by atoms with Crippen LogP contribution >= 0.6 is 24.0 Å². The van der Waals surface area contributed by atoms with E-state index in [9.17, 15) is 4.39 Å². The van der Waals surface area contributed by atoms with Crippen molar-refractivity contribution < 1.29 is 4.39 Å². The summed E-state index contributed by atoms with van der Waals surface area (Å²) in [7, 11) is 0. The van der Waals surface area contributed by atoms with Gasteiger partial charge in [-0.25, -0.2) is 9.38 Å². The first-order valence-corrected chi connectivity index (χ1v) is 8.75. The van der Waals surface area contributed by atoms with Crippen molar-refractivity contribution in [1.82, 2.24) is 15.5 Å². The summed E-state index contributed by atoms with van der Waals surface area (Å²) in [5.74, 6) is 1.36. The van der Waals surface area contributed by atoms with E-state index in [-0.39, 0.29) is 29.8 Å². The third-order valence-corrected chi connectivity index (χ3v) is 4.62. The molecule has 2 fully saturated rings. The van der Waals surface area contributed by atoms with Crippen molar-refractivity contribution in [2.45, 2.75) is 38.8 Å². The summed E-state index contributed by atoms with van der Waals surface area (Å²) in [5.41, 5.74) is 1.02. The van der Waals surface area contributed by atoms with Crippen LogP contribution < -0.4 is 10.6 Å². The summed E-state index contributed by atoms with van der Waals surface area (Å²) in [6.45, 7) is 6.91. The number of rotatable bonds is 6. The second kappa shape index (κ2) is 9.56. The Hall–Kier alpha value is -0.890. The molecule has 1 aliphatic heterocycles. The van der Waals surface area contributed by atoms with E-state index >= 15 is 0 Å². The minimum Gasteiger partial charge on any atom is -0.357 e. The minimum atomic E-state index is -0.204. The molecular weight excluding hydrogens is 418 g/mol. The molecule has 0 spiro atoms. The van der Waals surface area contributed by atoms with Gasteiger partial charge in [0.15, 0.2) is 5.96 Å². The second-order valence-electron chi connectivity index (χ2n) is 6.58. The van der Waals surface area contributed by atoms with E-state index in [1.165, 1.54) is 44.5 Å². The van der Waals surface area contributed by atoms with Crippen molar-refractivity contribution in [2.75, 3.05) is 26.2 Å². The van der Waals surface area contributed by atoms with E-state index in [4.69, 9.17) is 0 Å². The van der Waals surface area contributed by atoms with E-state index in [1.54, 1.807) is 12.1 Å². The maximum absolute atomic E-state index is 12.9. The molecule has 1 aromatic rings. The van der Waals surface area contributed by atoms with Gasteiger partial charge in [0, 0.05) is 25.7 Å². The number of aliphatic imine (C=N–C) groups is 1. The first-order valence-electron chi connectivity index (χ1n) is 8.75. The molecule has 1 aromatic carbocycles. The molecule has 0 aromatic heterocycles. The smallest absolute Gasteiger partial charge is 0.191 e. The quantitative estimate of drug-likeness (QED) is 0.401. The molecule has 1 saturated carbocycles. The van der Waals surface area contributed by atoms with Crippen molar-refractivity contribution in [2.24, 2.45) is 10.9 Å². The van der Waals surface area contributed by atoms with Crippen molar-refractivity contribution in [3.8, 4) is 0 Å². The van der Waals surface area contributed by atoms with Crippen LogP contribution in [0.15, 0.2) is 29.3 Å². The highest BCUT2D eigenvalue weighted by molar-refractivity contribution is 14.0. The predicted molar refractivity (Wildman–Crippen MR) is 107 cm³/mol. The average Bonchev–Trinajstić information content (AvgIpc) is 3.30. The highest BCUT2D eigenvalue weighted by Crippen LogP contribution is 2.31. The maximum atomic E-state index is 12.9. The lowest BCUT2D eigenvalue weighted by atomic mass is 10.1. The van der Waals surface area contributed by atoms with Gasteiger partial charge in [0.2, 0.25) is 0 Å². The van der Waals surface area contributed by atoms with Gasteiger partial charge in [0.1, 0.15) is 5.82 Å². The molecule has 1 heterocycles. The second-order valence-corrected chi connectivity index (χ2v) is 6.58. The molecule has 1 atom stereocenters. The van der Waals surface area contributed by atoms with Gasteiger partial charge in [-0.05, 0) is 56.3 Å². The Bertz CT molecular complexity index is 530. The fourth-order valence-corrected chi connectivity index (χ4v) is 3.14. The SMILES string of the molecule is CCNC(=NCc1ccc(F)cc1)NCC1CCN(C2CC2)C1.I. The first-order chi connectivity index (χ1) is 11.2. The normalized spacial score (nSPS) is 21.4. The van der Waals surface area contributed by atoms with Gasteiger partial charge in [-0.3, -0.25) is 0 Å². The highest BCUT2D eigenvalue weighted by atomic mass is 127.